The van der Waals surface area contributed by atoms with E-state index in [1.807, 2.05) is 0 Å². The van der Waals surface area contributed by atoms with E-state index in [1.54, 1.807) is 0 Å². The van der Waals surface area contributed by atoms with Crippen LogP contribution in [0.5, 0.6) is 0 Å². The van der Waals surface area contributed by atoms with E-state index in [0.717, 1.165) is 12.3 Å². The molecule has 0 aromatic heterocycles. The normalized spacial score (nSPS) is 26.4. The fourth-order valence-corrected chi connectivity index (χ4v) is 10.3. The van der Waals surface area contributed by atoms with Crippen LogP contribution in [0.2, 0.25) is 0 Å². The van der Waals surface area contributed by atoms with Gasteiger partial charge in [0.2, 0.25) is 0 Å². The molecule has 0 amide bonds. The summed E-state index contributed by atoms with van der Waals surface area (Å²) in [6.45, 7) is 23.5. The van der Waals surface area contributed by atoms with Gasteiger partial charge in [-0.15, -0.1) is 6.58 Å². The van der Waals surface area contributed by atoms with E-state index in [1.165, 1.54) is 48.0 Å². The Morgan fingerprint density at radius 3 is 1.46 bits per heavy atom. The first-order valence-electron chi connectivity index (χ1n) is 18.7. The average Bonchev–Trinajstić information content (AvgIpc) is 3.70. The van der Waals surface area contributed by atoms with E-state index < -0.39 is 20.8 Å². The Labute approximate surface area is 340 Å². The molecule has 0 bridgehead atoms. The molecular formula is C49H70Cl2Zr. The van der Waals surface area contributed by atoms with Gasteiger partial charge in [-0.2, -0.15) is 0 Å². The molecule has 3 heteroatoms. The minimum absolute atomic E-state index is 0. The van der Waals surface area contributed by atoms with Crippen LogP contribution in [-0.2, 0) is 26.3 Å². The standard InChI is InChI=1S/C46H60.CH4.2CH3.2ClH.Zr/c1-10-11-28-45(8,9)36-22-23-37(29-36)46(32-18-14-12-15-19-32,33-20-16-13-17-21-33)42-40-30-34(43(2,3)4)24-26-38(40)39-27-25-35(31-41(39)42)44(5,6)7;;;;;;/h10,12-21,24-27,30-31,36-42H,1,11,22-23,28-29H2,2-9H3;1H4;2*1H3;2*1H;/q;;2*-1;;;+4/p-2. The van der Waals surface area contributed by atoms with Gasteiger partial charge in [-0.25, -0.2) is 0 Å². The summed E-state index contributed by atoms with van der Waals surface area (Å²) < 4.78 is 0. The third-order valence-corrected chi connectivity index (χ3v) is 12.8. The molecule has 4 aliphatic rings. The van der Waals surface area contributed by atoms with Gasteiger partial charge in [-0.1, -0.05) is 166 Å². The number of benzene rings is 2. The second-order valence-corrected chi connectivity index (χ2v) is 21.7. The Bertz CT molecular complexity index is 1440. The third kappa shape index (κ3) is 9.34. The maximum absolute atomic E-state index is 4.93. The van der Waals surface area contributed by atoms with Crippen molar-refractivity contribution in [2.75, 3.05) is 0 Å². The monoisotopic (exact) mass is 818 g/mol. The summed E-state index contributed by atoms with van der Waals surface area (Å²) in [5.41, 5.74) is 6.53. The molecule has 0 N–H and O–H groups in total. The van der Waals surface area contributed by atoms with Crippen molar-refractivity contribution in [3.8, 4) is 0 Å². The molecule has 6 atom stereocenters. The molecule has 0 heterocycles. The Balaban J connectivity index is 0.00000151. The molecule has 6 unspecified atom stereocenters. The summed E-state index contributed by atoms with van der Waals surface area (Å²) in [6, 6.07) is 23.7. The molecule has 2 saturated carbocycles. The molecule has 2 aromatic rings. The quantitative estimate of drug-likeness (QED) is 0.184. The van der Waals surface area contributed by atoms with E-state index in [0.29, 0.717) is 40.9 Å². The molecule has 2 aromatic carbocycles. The summed E-state index contributed by atoms with van der Waals surface area (Å²) in [5.74, 6) is 3.73. The van der Waals surface area contributed by atoms with Gasteiger partial charge in [0.15, 0.2) is 0 Å². The number of hydrogen-bond acceptors (Lipinski definition) is 0. The Morgan fingerprint density at radius 2 is 1.08 bits per heavy atom. The number of allylic oxidation sites excluding steroid dienone is 9. The van der Waals surface area contributed by atoms with Crippen LogP contribution in [0, 0.1) is 72.5 Å². The van der Waals surface area contributed by atoms with Crippen LogP contribution in [0.1, 0.15) is 106 Å². The van der Waals surface area contributed by atoms with Crippen molar-refractivity contribution in [3.63, 3.8) is 0 Å². The second-order valence-electron chi connectivity index (χ2n) is 18.0. The number of rotatable bonds is 8. The first-order chi connectivity index (χ1) is 23.2. The van der Waals surface area contributed by atoms with Crippen LogP contribution in [-0.4, -0.2) is 0 Å². The first-order valence-corrected chi connectivity index (χ1v) is 25.0. The van der Waals surface area contributed by atoms with Gasteiger partial charge in [0.1, 0.15) is 0 Å². The Hall–Kier alpha value is -1.40. The summed E-state index contributed by atoms with van der Waals surface area (Å²) in [6.07, 6.45) is 24.1. The molecule has 52 heavy (non-hydrogen) atoms. The van der Waals surface area contributed by atoms with E-state index in [-0.39, 0.29) is 38.5 Å². The van der Waals surface area contributed by atoms with Gasteiger partial charge in [0.25, 0.3) is 0 Å². The zero-order valence-electron chi connectivity index (χ0n) is 33.4. The molecule has 4 aliphatic carbocycles. The molecule has 0 radical (unpaired) electrons. The predicted octanol–water partition coefficient (Wildman–Crippen LogP) is 15.5. The predicted molar refractivity (Wildman–Crippen MR) is 230 cm³/mol. The van der Waals surface area contributed by atoms with Gasteiger partial charge in [0, 0.05) is 5.41 Å². The van der Waals surface area contributed by atoms with Crippen molar-refractivity contribution >= 4 is 17.0 Å². The molecule has 0 saturated heterocycles. The van der Waals surface area contributed by atoms with Gasteiger partial charge in [-0.3, -0.25) is 0 Å². The van der Waals surface area contributed by atoms with Gasteiger partial charge in [0.05, 0.1) is 0 Å². The fraction of sp³-hybridized carbons (Fsp3) is 0.510. The van der Waals surface area contributed by atoms with Crippen LogP contribution in [0.15, 0.2) is 121 Å². The third-order valence-electron chi connectivity index (χ3n) is 12.8. The van der Waals surface area contributed by atoms with Gasteiger partial charge < -0.3 is 14.9 Å². The summed E-state index contributed by atoms with van der Waals surface area (Å²) >= 11 is -0.826. The first kappa shape index (κ1) is 46.8. The van der Waals surface area contributed by atoms with E-state index in [4.69, 9.17) is 17.0 Å². The van der Waals surface area contributed by atoms with Crippen LogP contribution >= 0.6 is 17.0 Å². The van der Waals surface area contributed by atoms with E-state index in [9.17, 15) is 0 Å². The minimum atomic E-state index is -0.826. The van der Waals surface area contributed by atoms with Crippen molar-refractivity contribution in [3.05, 3.63) is 147 Å². The Morgan fingerprint density at radius 1 is 0.673 bits per heavy atom. The van der Waals surface area contributed by atoms with Crippen LogP contribution in [0.25, 0.3) is 0 Å². The molecule has 2 fully saturated rings. The maximum atomic E-state index is 4.93. The average molecular weight is 821 g/mol. The SMILES string of the molecule is C.C=CCCC(C)(C)C1CCC(C(c2ccccc2)(c2ccccc2)C2C3C=C(C(C)(C)C)C=CC3C3C=CC(C(C)(C)C)=CC32)C1.[CH3-].[CH3-].[Cl][Zr+2][Cl]. The van der Waals surface area contributed by atoms with Gasteiger partial charge in [-0.05, 0) is 112 Å². The van der Waals surface area contributed by atoms with Crippen molar-refractivity contribution in [2.45, 2.75) is 100 Å². The molecular weight excluding hydrogens is 751 g/mol. The summed E-state index contributed by atoms with van der Waals surface area (Å²) in [7, 11) is 9.87. The zero-order chi connectivity index (χ0) is 35.6. The van der Waals surface area contributed by atoms with Gasteiger partial charge >= 0.3 is 37.9 Å². The number of fused-ring (bicyclic) bond motifs is 3. The van der Waals surface area contributed by atoms with E-state index in [2.05, 4.69) is 165 Å². The summed E-state index contributed by atoms with van der Waals surface area (Å²) in [5, 5.41) is 0. The van der Waals surface area contributed by atoms with Crippen LogP contribution in [0.4, 0.5) is 0 Å². The molecule has 0 spiro atoms. The molecule has 0 nitrogen and oxygen atoms in total. The Kier molecular flexibility index (Phi) is 17.1. The second kappa shape index (κ2) is 19.0. The van der Waals surface area contributed by atoms with Crippen molar-refractivity contribution in [1.29, 1.82) is 0 Å². The zero-order valence-corrected chi connectivity index (χ0v) is 37.3. The van der Waals surface area contributed by atoms with Crippen molar-refractivity contribution in [1.82, 2.24) is 0 Å². The number of halogens is 2. The van der Waals surface area contributed by atoms with E-state index >= 15 is 0 Å². The van der Waals surface area contributed by atoms with Crippen LogP contribution < -0.4 is 0 Å². The van der Waals surface area contributed by atoms with Crippen molar-refractivity contribution < 1.29 is 20.8 Å². The fourth-order valence-electron chi connectivity index (χ4n) is 10.3. The summed E-state index contributed by atoms with van der Waals surface area (Å²) in [4.78, 5) is 0. The molecule has 0 aliphatic heterocycles. The van der Waals surface area contributed by atoms with Crippen molar-refractivity contribution in [2.24, 2.45) is 57.7 Å². The topological polar surface area (TPSA) is 0 Å². The number of hydrogen-bond donors (Lipinski definition) is 0. The molecule has 284 valence electrons. The molecule has 6 rings (SSSR count). The van der Waals surface area contributed by atoms with Crippen LogP contribution in [0.3, 0.4) is 0 Å².